The molecule has 3 heterocycles. The number of ether oxygens (including phenoxy) is 1. The normalized spacial score (nSPS) is 17.8. The Balaban J connectivity index is 1.26. The molecule has 9 heteroatoms. The molecule has 7 nitrogen and oxygen atoms in total. The van der Waals surface area contributed by atoms with Gasteiger partial charge in [0, 0.05) is 25.3 Å². The first kappa shape index (κ1) is 26.1. The number of thiazole rings is 1. The molecule has 4 aromatic rings. The van der Waals surface area contributed by atoms with Gasteiger partial charge in [-0.1, -0.05) is 48.6 Å². The van der Waals surface area contributed by atoms with E-state index in [0.717, 1.165) is 35.0 Å². The van der Waals surface area contributed by atoms with Crippen molar-refractivity contribution in [2.75, 3.05) is 24.6 Å². The van der Waals surface area contributed by atoms with Crippen molar-refractivity contribution in [3.63, 3.8) is 0 Å². The molecule has 1 saturated heterocycles. The Morgan fingerprint density at radius 3 is 2.64 bits per heavy atom. The lowest BCUT2D eigenvalue weighted by Crippen LogP contribution is -2.37. The maximum Gasteiger partial charge on any atom is 0.260 e. The number of amides is 1. The summed E-state index contributed by atoms with van der Waals surface area (Å²) in [5, 5.41) is 0.627. The lowest BCUT2D eigenvalue weighted by molar-refractivity contribution is 0.0917. The number of aromatic nitrogens is 1. The molecule has 3 aromatic carbocycles. The highest BCUT2D eigenvalue weighted by Crippen LogP contribution is 2.32. The number of carbonyl (C=O) groups is 1. The molecule has 6 rings (SSSR count). The van der Waals surface area contributed by atoms with Gasteiger partial charge in [-0.2, -0.15) is 4.31 Å². The zero-order valence-electron chi connectivity index (χ0n) is 21.9. The lowest BCUT2D eigenvalue weighted by atomic mass is 10.0. The predicted octanol–water partition coefficient (Wildman–Crippen LogP) is 5.43. The van der Waals surface area contributed by atoms with Gasteiger partial charge in [-0.05, 0) is 78.8 Å². The van der Waals surface area contributed by atoms with E-state index in [4.69, 9.17) is 9.72 Å². The third kappa shape index (κ3) is 5.24. The number of sulfonamides is 1. The van der Waals surface area contributed by atoms with Crippen molar-refractivity contribution in [2.24, 2.45) is 0 Å². The summed E-state index contributed by atoms with van der Waals surface area (Å²) in [6.07, 6.45) is 3.44. The van der Waals surface area contributed by atoms with Crippen molar-refractivity contribution in [2.45, 2.75) is 50.2 Å². The molecule has 2 aliphatic heterocycles. The van der Waals surface area contributed by atoms with Gasteiger partial charge in [-0.25, -0.2) is 13.4 Å². The average Bonchev–Trinajstić information content (AvgIpc) is 3.64. The lowest BCUT2D eigenvalue weighted by Gasteiger charge is -2.28. The van der Waals surface area contributed by atoms with Crippen molar-refractivity contribution >= 4 is 42.6 Å². The fourth-order valence-corrected chi connectivity index (χ4v) is 7.74. The van der Waals surface area contributed by atoms with Crippen LogP contribution in [0.2, 0.25) is 0 Å². The second kappa shape index (κ2) is 10.8. The van der Waals surface area contributed by atoms with Gasteiger partial charge in [0.15, 0.2) is 5.13 Å². The van der Waals surface area contributed by atoms with Crippen LogP contribution in [-0.4, -0.2) is 49.4 Å². The van der Waals surface area contributed by atoms with Crippen LogP contribution in [0.5, 0.6) is 0 Å². The van der Waals surface area contributed by atoms with Crippen LogP contribution in [-0.2, 0) is 34.1 Å². The van der Waals surface area contributed by atoms with Gasteiger partial charge >= 0.3 is 0 Å². The van der Waals surface area contributed by atoms with E-state index < -0.39 is 10.0 Å². The molecule has 2 aliphatic rings. The number of nitrogens with zero attached hydrogens (tertiary/aromatic N) is 3. The Morgan fingerprint density at radius 2 is 1.90 bits per heavy atom. The fraction of sp³-hybridized carbons (Fsp3) is 0.333. The number of anilines is 1. The Hall–Kier alpha value is -3.11. The number of carbonyl (C=O) groups excluding carboxylic acids is 1. The first-order valence-electron chi connectivity index (χ1n) is 13.4. The summed E-state index contributed by atoms with van der Waals surface area (Å²) >= 11 is 1.50. The minimum atomic E-state index is -3.68. The third-order valence-electron chi connectivity index (χ3n) is 7.57. The molecule has 39 heavy (non-hydrogen) atoms. The van der Waals surface area contributed by atoms with Crippen molar-refractivity contribution in [3.8, 4) is 0 Å². The summed E-state index contributed by atoms with van der Waals surface area (Å²) < 4.78 is 35.3. The van der Waals surface area contributed by atoms with E-state index in [0.29, 0.717) is 43.4 Å². The maximum absolute atomic E-state index is 13.8. The fourth-order valence-electron chi connectivity index (χ4n) is 5.28. The molecule has 1 atom stereocenters. The van der Waals surface area contributed by atoms with E-state index in [9.17, 15) is 13.2 Å². The molecule has 0 radical (unpaired) electrons. The summed E-state index contributed by atoms with van der Waals surface area (Å²) in [7, 11) is -3.68. The van der Waals surface area contributed by atoms with E-state index >= 15 is 0 Å². The molecule has 1 fully saturated rings. The van der Waals surface area contributed by atoms with Crippen molar-refractivity contribution in [1.29, 1.82) is 0 Å². The zero-order chi connectivity index (χ0) is 27.0. The van der Waals surface area contributed by atoms with Gasteiger partial charge in [0.25, 0.3) is 5.91 Å². The SMILES string of the molecule is CCc1ccc2nc(N(CC3CCCO3)C(=O)c3ccc(S(=O)(=O)N4CCc5ccccc5C4)cc3)sc2c1. The molecule has 1 aromatic heterocycles. The molecule has 0 spiro atoms. The highest BCUT2D eigenvalue weighted by molar-refractivity contribution is 7.89. The van der Waals surface area contributed by atoms with Crippen LogP contribution in [0.3, 0.4) is 0 Å². The summed E-state index contributed by atoms with van der Waals surface area (Å²) in [6, 6.07) is 20.4. The smallest absolute Gasteiger partial charge is 0.260 e. The maximum atomic E-state index is 13.8. The molecule has 0 aliphatic carbocycles. The number of aryl methyl sites for hydroxylation is 1. The Kier molecular flexibility index (Phi) is 7.24. The van der Waals surface area contributed by atoms with E-state index in [1.807, 2.05) is 24.3 Å². The van der Waals surface area contributed by atoms with E-state index in [1.54, 1.807) is 29.2 Å². The number of hydrogen-bond donors (Lipinski definition) is 0. The van der Waals surface area contributed by atoms with Crippen LogP contribution in [0.15, 0.2) is 71.6 Å². The number of benzene rings is 3. The third-order valence-corrected chi connectivity index (χ3v) is 10.5. The second-order valence-corrected chi connectivity index (χ2v) is 13.0. The van der Waals surface area contributed by atoms with Gasteiger partial charge < -0.3 is 4.74 Å². The Bertz CT molecular complexity index is 1610. The molecular weight excluding hydrogens is 530 g/mol. The second-order valence-electron chi connectivity index (χ2n) is 10.1. The van der Waals surface area contributed by atoms with Gasteiger partial charge in [0.05, 0.1) is 27.8 Å². The quantitative estimate of drug-likeness (QED) is 0.301. The van der Waals surface area contributed by atoms with Gasteiger partial charge in [0.2, 0.25) is 10.0 Å². The Morgan fingerprint density at radius 1 is 1.10 bits per heavy atom. The molecule has 202 valence electrons. The standard InChI is InChI=1S/C30H31N3O4S2/c1-2-21-9-14-27-28(18-21)38-30(31-27)33(20-25-8-5-17-37-25)29(34)23-10-12-26(13-11-23)39(35,36)32-16-15-22-6-3-4-7-24(22)19-32/h3-4,6-7,9-14,18,25H,2,5,8,15-17,19-20H2,1H3. The van der Waals surface area contributed by atoms with E-state index in [2.05, 4.69) is 25.1 Å². The minimum absolute atomic E-state index is 0.0474. The first-order valence-corrected chi connectivity index (χ1v) is 15.7. The van der Waals surface area contributed by atoms with Crippen LogP contribution in [0.1, 0.15) is 46.8 Å². The molecule has 0 saturated carbocycles. The van der Waals surface area contributed by atoms with E-state index in [1.165, 1.54) is 26.8 Å². The summed E-state index contributed by atoms with van der Waals surface area (Å²) in [5.41, 5.74) is 4.73. The Labute approximate surface area is 233 Å². The first-order chi connectivity index (χ1) is 18.9. The average molecular weight is 562 g/mol. The number of hydrogen-bond acceptors (Lipinski definition) is 6. The van der Waals surface area contributed by atoms with Crippen LogP contribution >= 0.6 is 11.3 Å². The molecule has 0 N–H and O–H groups in total. The largest absolute Gasteiger partial charge is 0.376 e. The van der Waals surface area contributed by atoms with Crippen LogP contribution in [0.25, 0.3) is 10.2 Å². The summed E-state index contributed by atoms with van der Waals surface area (Å²) in [4.78, 5) is 20.5. The molecular formula is C30H31N3O4S2. The van der Waals surface area contributed by atoms with Gasteiger partial charge in [-0.3, -0.25) is 9.69 Å². The monoisotopic (exact) mass is 561 g/mol. The number of rotatable bonds is 7. The minimum Gasteiger partial charge on any atom is -0.376 e. The topological polar surface area (TPSA) is 79.8 Å². The molecule has 0 bridgehead atoms. The summed E-state index contributed by atoms with van der Waals surface area (Å²) in [6.45, 7) is 4.01. The van der Waals surface area contributed by atoms with E-state index in [-0.39, 0.29) is 16.9 Å². The summed E-state index contributed by atoms with van der Waals surface area (Å²) in [5.74, 6) is -0.212. The van der Waals surface area contributed by atoms with Crippen molar-refractivity contribution < 1.29 is 17.9 Å². The van der Waals surface area contributed by atoms with Gasteiger partial charge in [0.1, 0.15) is 0 Å². The van der Waals surface area contributed by atoms with Crippen LogP contribution in [0, 0.1) is 0 Å². The van der Waals surface area contributed by atoms with Crippen molar-refractivity contribution in [3.05, 3.63) is 89.0 Å². The highest BCUT2D eigenvalue weighted by atomic mass is 32.2. The number of fused-ring (bicyclic) bond motifs is 2. The van der Waals surface area contributed by atoms with Crippen molar-refractivity contribution in [1.82, 2.24) is 9.29 Å². The molecule has 1 amide bonds. The van der Waals surface area contributed by atoms with Gasteiger partial charge in [-0.15, -0.1) is 0 Å². The van der Waals surface area contributed by atoms with Crippen LogP contribution < -0.4 is 4.90 Å². The zero-order valence-corrected chi connectivity index (χ0v) is 23.5. The highest BCUT2D eigenvalue weighted by Gasteiger charge is 2.30. The van der Waals surface area contributed by atoms with Crippen LogP contribution in [0.4, 0.5) is 5.13 Å². The molecule has 1 unspecified atom stereocenters. The predicted molar refractivity (Wildman–Crippen MR) is 154 cm³/mol.